The molecule has 0 aliphatic heterocycles. The van der Waals surface area contributed by atoms with Gasteiger partial charge < -0.3 is 15.0 Å². The number of aryl methyl sites for hydroxylation is 2. The van der Waals surface area contributed by atoms with Crippen LogP contribution in [0.2, 0.25) is 0 Å². The number of thiazole rings is 1. The number of rotatable bonds is 5. The fraction of sp³-hybridized carbons (Fsp3) is 0.381. The number of carboxylic acids is 1. The summed E-state index contributed by atoms with van der Waals surface area (Å²) in [6.07, 6.45) is 3.23. The van der Waals surface area contributed by atoms with E-state index in [2.05, 4.69) is 62.1 Å². The highest BCUT2D eigenvalue weighted by Crippen LogP contribution is 2.38. The lowest BCUT2D eigenvalue weighted by Gasteiger charge is -2.22. The van der Waals surface area contributed by atoms with Crippen molar-refractivity contribution in [3.63, 3.8) is 0 Å². The van der Waals surface area contributed by atoms with Crippen molar-refractivity contribution in [1.82, 2.24) is 19.9 Å². The van der Waals surface area contributed by atoms with Gasteiger partial charge in [-0.15, -0.1) is 11.3 Å². The first-order valence-electron chi connectivity index (χ1n) is 9.89. The average molecular weight is 531 g/mol. The second-order valence-electron chi connectivity index (χ2n) is 7.28. The number of carbonyl (C=O) groups is 1. The van der Waals surface area contributed by atoms with Crippen molar-refractivity contribution < 1.29 is 23.1 Å². The third kappa shape index (κ3) is 6.39. The first-order chi connectivity index (χ1) is 15.1. The van der Waals surface area contributed by atoms with Gasteiger partial charge in [-0.1, -0.05) is 28.1 Å². The molecule has 1 aliphatic rings. The molecule has 0 saturated heterocycles. The van der Waals surface area contributed by atoms with Gasteiger partial charge in [0.2, 0.25) is 0 Å². The third-order valence-corrected chi connectivity index (χ3v) is 6.76. The van der Waals surface area contributed by atoms with E-state index in [-0.39, 0.29) is 0 Å². The van der Waals surface area contributed by atoms with E-state index in [1.807, 2.05) is 23.9 Å². The zero-order valence-electron chi connectivity index (χ0n) is 17.2. The third-order valence-electron chi connectivity index (χ3n) is 4.97. The van der Waals surface area contributed by atoms with E-state index in [9.17, 15) is 13.2 Å². The maximum Gasteiger partial charge on any atom is 0.490 e. The molecule has 0 bridgehead atoms. The van der Waals surface area contributed by atoms with E-state index in [1.54, 1.807) is 0 Å². The second kappa shape index (κ2) is 10.6. The van der Waals surface area contributed by atoms with Gasteiger partial charge >= 0.3 is 12.1 Å². The largest absolute Gasteiger partial charge is 0.490 e. The van der Waals surface area contributed by atoms with Gasteiger partial charge in [-0.3, -0.25) is 0 Å². The number of nitrogens with zero attached hydrogens (tertiary/aromatic N) is 3. The van der Waals surface area contributed by atoms with Crippen molar-refractivity contribution in [2.75, 3.05) is 6.54 Å². The van der Waals surface area contributed by atoms with E-state index in [0.717, 1.165) is 28.9 Å². The fourth-order valence-electron chi connectivity index (χ4n) is 3.33. The average Bonchev–Trinajstić information content (AvgIpc) is 3.35. The molecule has 2 aromatic heterocycles. The number of alkyl halides is 3. The van der Waals surface area contributed by atoms with Gasteiger partial charge in [0.1, 0.15) is 5.01 Å². The van der Waals surface area contributed by atoms with Gasteiger partial charge in [0.05, 0.1) is 12.0 Å². The molecule has 0 radical (unpaired) electrons. The number of aliphatic carboxylic acids is 1. The lowest BCUT2D eigenvalue weighted by atomic mass is 9.98. The molecular weight excluding hydrogens is 509 g/mol. The molecule has 1 atom stereocenters. The number of fused-ring (bicyclic) bond motifs is 1. The Morgan fingerprint density at radius 3 is 2.62 bits per heavy atom. The number of halogens is 4. The van der Waals surface area contributed by atoms with Crippen LogP contribution in [0.1, 0.15) is 35.1 Å². The highest BCUT2D eigenvalue weighted by atomic mass is 79.9. The molecule has 2 heterocycles. The van der Waals surface area contributed by atoms with Crippen LogP contribution in [0.5, 0.6) is 0 Å². The van der Waals surface area contributed by atoms with Gasteiger partial charge in [-0.05, 0) is 31.4 Å². The van der Waals surface area contributed by atoms with Gasteiger partial charge in [0, 0.05) is 52.9 Å². The zero-order valence-corrected chi connectivity index (χ0v) is 19.6. The molecular formula is C21H22BrF3N4O2S. The summed E-state index contributed by atoms with van der Waals surface area (Å²) in [5.41, 5.74) is 3.76. The van der Waals surface area contributed by atoms with E-state index in [0.29, 0.717) is 6.04 Å². The number of hydrogen-bond acceptors (Lipinski definition) is 5. The highest BCUT2D eigenvalue weighted by Gasteiger charge is 2.38. The number of nitrogens with one attached hydrogen (secondary N) is 1. The first-order valence-corrected chi connectivity index (χ1v) is 11.5. The maximum atomic E-state index is 10.6. The predicted molar refractivity (Wildman–Crippen MR) is 120 cm³/mol. The fourth-order valence-corrected chi connectivity index (χ4v) is 4.82. The SMILES string of the molecule is Cn1cncc1CCNC1CCCc2nc(-c3ccc(Br)cc3)sc21.O=C(O)C(F)(F)F. The minimum Gasteiger partial charge on any atom is -0.475 e. The number of hydrogen-bond donors (Lipinski definition) is 2. The molecule has 2 N–H and O–H groups in total. The Bertz CT molecular complexity index is 1050. The standard InChI is InChI=1S/C19H21BrN4S.C2HF3O2/c1-24-12-21-11-15(24)9-10-22-16-3-2-4-17-18(16)25-19(23-17)13-5-7-14(20)8-6-13;3-2(4,5)1(6)7/h5-8,11-12,16,22H,2-4,9-10H2,1H3;(H,6,7). The molecule has 4 rings (SSSR count). The number of carboxylic acid groups (broad SMARTS) is 1. The van der Waals surface area contributed by atoms with E-state index in [4.69, 9.17) is 14.9 Å². The second-order valence-corrected chi connectivity index (χ2v) is 9.23. The maximum absolute atomic E-state index is 10.6. The summed E-state index contributed by atoms with van der Waals surface area (Å²) in [5, 5.41) is 12.0. The van der Waals surface area contributed by atoms with E-state index >= 15 is 0 Å². The molecule has 0 saturated carbocycles. The Kier molecular flexibility index (Phi) is 8.07. The van der Waals surface area contributed by atoms with Crippen LogP contribution in [0, 0.1) is 0 Å². The van der Waals surface area contributed by atoms with Crippen LogP contribution in [0.15, 0.2) is 41.3 Å². The van der Waals surface area contributed by atoms with E-state index < -0.39 is 12.1 Å². The smallest absolute Gasteiger partial charge is 0.475 e. The van der Waals surface area contributed by atoms with Crippen molar-refractivity contribution in [2.45, 2.75) is 37.9 Å². The minimum atomic E-state index is -5.08. The number of imidazole rings is 1. The van der Waals surface area contributed by atoms with Crippen molar-refractivity contribution in [3.05, 3.63) is 57.5 Å². The Morgan fingerprint density at radius 2 is 2.03 bits per heavy atom. The van der Waals surface area contributed by atoms with Gasteiger partial charge in [0.15, 0.2) is 0 Å². The predicted octanol–water partition coefficient (Wildman–Crippen LogP) is 5.15. The molecule has 172 valence electrons. The van der Waals surface area contributed by atoms with Crippen LogP contribution in [-0.2, 0) is 24.7 Å². The molecule has 0 amide bonds. The van der Waals surface area contributed by atoms with Crippen LogP contribution < -0.4 is 5.32 Å². The molecule has 3 aromatic rings. The quantitative estimate of drug-likeness (QED) is 0.476. The molecule has 0 spiro atoms. The van der Waals surface area contributed by atoms with Crippen molar-refractivity contribution in [3.8, 4) is 10.6 Å². The molecule has 11 heteroatoms. The normalized spacial score (nSPS) is 15.6. The molecule has 1 aliphatic carbocycles. The van der Waals surface area contributed by atoms with Crippen LogP contribution in [0.4, 0.5) is 13.2 Å². The van der Waals surface area contributed by atoms with E-state index in [1.165, 1.54) is 34.7 Å². The minimum absolute atomic E-state index is 0.429. The first kappa shape index (κ1) is 24.4. The Labute approximate surface area is 195 Å². The lowest BCUT2D eigenvalue weighted by Crippen LogP contribution is -2.26. The summed E-state index contributed by atoms with van der Waals surface area (Å²) in [6.45, 7) is 0.967. The van der Waals surface area contributed by atoms with Gasteiger partial charge in [-0.2, -0.15) is 13.2 Å². The Balaban J connectivity index is 0.000000360. The molecule has 32 heavy (non-hydrogen) atoms. The van der Waals surface area contributed by atoms with Crippen LogP contribution in [0.3, 0.4) is 0 Å². The summed E-state index contributed by atoms with van der Waals surface area (Å²) in [5.74, 6) is -2.76. The van der Waals surface area contributed by atoms with Gasteiger partial charge in [0.25, 0.3) is 0 Å². The summed E-state index contributed by atoms with van der Waals surface area (Å²) < 4.78 is 34.9. The summed E-state index contributed by atoms with van der Waals surface area (Å²) >= 11 is 5.35. The summed E-state index contributed by atoms with van der Waals surface area (Å²) in [4.78, 5) is 19.4. The lowest BCUT2D eigenvalue weighted by molar-refractivity contribution is -0.192. The van der Waals surface area contributed by atoms with Gasteiger partial charge in [-0.25, -0.2) is 14.8 Å². The summed E-state index contributed by atoms with van der Waals surface area (Å²) in [6, 6.07) is 8.87. The van der Waals surface area contributed by atoms with Crippen LogP contribution >= 0.6 is 27.3 Å². The highest BCUT2D eigenvalue weighted by molar-refractivity contribution is 9.10. The molecule has 1 aromatic carbocycles. The van der Waals surface area contributed by atoms with Crippen molar-refractivity contribution >= 4 is 33.2 Å². The van der Waals surface area contributed by atoms with Crippen molar-refractivity contribution in [1.29, 1.82) is 0 Å². The summed E-state index contributed by atoms with van der Waals surface area (Å²) in [7, 11) is 2.05. The molecule has 0 fully saturated rings. The Morgan fingerprint density at radius 1 is 1.34 bits per heavy atom. The van der Waals surface area contributed by atoms with Crippen LogP contribution in [-0.4, -0.2) is 38.3 Å². The van der Waals surface area contributed by atoms with Crippen molar-refractivity contribution in [2.24, 2.45) is 7.05 Å². The topological polar surface area (TPSA) is 80.0 Å². The Hall–Kier alpha value is -2.24. The number of aromatic nitrogens is 3. The van der Waals surface area contributed by atoms with Crippen LogP contribution in [0.25, 0.3) is 10.6 Å². The monoisotopic (exact) mass is 530 g/mol. The zero-order chi connectivity index (χ0) is 23.3. The number of benzene rings is 1. The molecule has 6 nitrogen and oxygen atoms in total. The molecule has 1 unspecified atom stereocenters.